The third kappa shape index (κ3) is 3.26. The van der Waals surface area contributed by atoms with E-state index in [1.807, 2.05) is 18.2 Å². The van der Waals surface area contributed by atoms with Crippen molar-refractivity contribution in [1.82, 2.24) is 0 Å². The smallest absolute Gasteiger partial charge is 0.122 e. The van der Waals surface area contributed by atoms with Gasteiger partial charge in [0.15, 0.2) is 0 Å². The van der Waals surface area contributed by atoms with E-state index >= 15 is 0 Å². The Labute approximate surface area is 130 Å². The van der Waals surface area contributed by atoms with Gasteiger partial charge in [-0.15, -0.1) is 0 Å². The fraction of sp³-hybridized carbons (Fsp3) is 0.200. The monoisotopic (exact) mass is 416 g/mol. The van der Waals surface area contributed by atoms with Gasteiger partial charge in [-0.3, -0.25) is 0 Å². The standard InChI is InChI=1S/C15H14BrIO/c1-18-15-9-5-2-6-11(15)10-13(16)12-7-3-4-8-14(12)17/h2-9,13H,10H2,1H3. The summed E-state index contributed by atoms with van der Waals surface area (Å²) in [5.74, 6) is 0.952. The van der Waals surface area contributed by atoms with E-state index in [1.54, 1.807) is 7.11 Å². The number of methoxy groups -OCH3 is 1. The topological polar surface area (TPSA) is 9.23 Å². The van der Waals surface area contributed by atoms with E-state index in [-0.39, 0.29) is 0 Å². The van der Waals surface area contributed by atoms with Crippen LogP contribution in [0.15, 0.2) is 48.5 Å². The minimum Gasteiger partial charge on any atom is -0.496 e. The zero-order chi connectivity index (χ0) is 13.0. The van der Waals surface area contributed by atoms with Gasteiger partial charge in [-0.2, -0.15) is 0 Å². The third-order valence-electron chi connectivity index (χ3n) is 2.83. The minimum absolute atomic E-state index is 0.307. The van der Waals surface area contributed by atoms with E-state index in [1.165, 1.54) is 14.7 Å². The van der Waals surface area contributed by atoms with Crippen molar-refractivity contribution in [2.75, 3.05) is 7.11 Å². The SMILES string of the molecule is COc1ccccc1CC(Br)c1ccccc1I. The molecule has 0 aliphatic rings. The molecule has 0 bridgehead atoms. The second-order valence-corrected chi connectivity index (χ2v) is 6.27. The van der Waals surface area contributed by atoms with E-state index in [2.05, 4.69) is 68.9 Å². The maximum atomic E-state index is 5.39. The Bertz CT molecular complexity index is 527. The molecular weight excluding hydrogens is 403 g/mol. The molecule has 0 aliphatic heterocycles. The van der Waals surface area contributed by atoms with Gasteiger partial charge >= 0.3 is 0 Å². The minimum atomic E-state index is 0.307. The molecule has 0 aliphatic carbocycles. The highest BCUT2D eigenvalue weighted by Gasteiger charge is 2.13. The van der Waals surface area contributed by atoms with Crippen molar-refractivity contribution in [3.63, 3.8) is 0 Å². The quantitative estimate of drug-likeness (QED) is 0.504. The molecule has 0 spiro atoms. The second-order valence-electron chi connectivity index (χ2n) is 4.01. The van der Waals surface area contributed by atoms with Crippen LogP contribution >= 0.6 is 38.5 Å². The van der Waals surface area contributed by atoms with E-state index < -0.39 is 0 Å². The highest BCUT2D eigenvalue weighted by atomic mass is 127. The van der Waals surface area contributed by atoms with Gasteiger partial charge in [0, 0.05) is 8.40 Å². The summed E-state index contributed by atoms with van der Waals surface area (Å²) in [5, 5.41) is 0. The molecule has 1 nitrogen and oxygen atoms in total. The van der Waals surface area contributed by atoms with Crippen LogP contribution in [0.4, 0.5) is 0 Å². The van der Waals surface area contributed by atoms with Gasteiger partial charge in [0.05, 0.1) is 7.11 Å². The molecule has 0 saturated carbocycles. The van der Waals surface area contributed by atoms with E-state index in [0.29, 0.717) is 4.83 Å². The van der Waals surface area contributed by atoms with Gasteiger partial charge in [0.1, 0.15) is 5.75 Å². The van der Waals surface area contributed by atoms with Crippen molar-refractivity contribution >= 4 is 38.5 Å². The van der Waals surface area contributed by atoms with Crippen LogP contribution in [0, 0.1) is 3.57 Å². The van der Waals surface area contributed by atoms with Gasteiger partial charge in [-0.1, -0.05) is 52.3 Å². The van der Waals surface area contributed by atoms with Crippen molar-refractivity contribution < 1.29 is 4.74 Å². The zero-order valence-corrected chi connectivity index (χ0v) is 13.8. The first-order chi connectivity index (χ1) is 8.72. The van der Waals surface area contributed by atoms with E-state index in [0.717, 1.165) is 12.2 Å². The Balaban J connectivity index is 2.21. The number of hydrogen-bond donors (Lipinski definition) is 0. The summed E-state index contributed by atoms with van der Waals surface area (Å²) < 4.78 is 6.67. The molecule has 0 N–H and O–H groups in total. The molecule has 0 saturated heterocycles. The Kier molecular flexibility index (Phi) is 5.06. The summed E-state index contributed by atoms with van der Waals surface area (Å²) in [6, 6.07) is 16.6. The summed E-state index contributed by atoms with van der Waals surface area (Å²) in [5.41, 5.74) is 2.55. The van der Waals surface area contributed by atoms with Gasteiger partial charge in [0.25, 0.3) is 0 Å². The van der Waals surface area contributed by atoms with Gasteiger partial charge in [-0.25, -0.2) is 0 Å². The molecule has 94 valence electrons. The van der Waals surface area contributed by atoms with E-state index in [4.69, 9.17) is 4.74 Å². The average molecular weight is 417 g/mol. The number of halogens is 2. The first-order valence-electron chi connectivity index (χ1n) is 5.72. The Morgan fingerprint density at radius 3 is 2.50 bits per heavy atom. The van der Waals surface area contributed by atoms with Crippen molar-refractivity contribution in [2.24, 2.45) is 0 Å². The molecule has 0 fully saturated rings. The van der Waals surface area contributed by atoms with Crippen molar-refractivity contribution in [3.05, 3.63) is 63.2 Å². The largest absolute Gasteiger partial charge is 0.496 e. The van der Waals surface area contributed by atoms with Crippen LogP contribution in [0.5, 0.6) is 5.75 Å². The van der Waals surface area contributed by atoms with Crippen LogP contribution in [-0.2, 0) is 6.42 Å². The summed E-state index contributed by atoms with van der Waals surface area (Å²) >= 11 is 6.15. The molecular formula is C15H14BrIO. The number of alkyl halides is 1. The first kappa shape index (κ1) is 13.9. The van der Waals surface area contributed by atoms with Crippen LogP contribution in [0.1, 0.15) is 16.0 Å². The predicted octanol–water partition coefficient (Wildman–Crippen LogP) is 4.98. The number of ether oxygens (including phenoxy) is 1. The fourth-order valence-corrected chi connectivity index (χ4v) is 3.84. The molecule has 1 unspecified atom stereocenters. The Morgan fingerprint density at radius 1 is 1.11 bits per heavy atom. The Morgan fingerprint density at radius 2 is 1.78 bits per heavy atom. The highest BCUT2D eigenvalue weighted by Crippen LogP contribution is 2.32. The van der Waals surface area contributed by atoms with Gasteiger partial charge < -0.3 is 4.74 Å². The number of para-hydroxylation sites is 1. The third-order valence-corrected chi connectivity index (χ3v) is 4.63. The van der Waals surface area contributed by atoms with E-state index in [9.17, 15) is 0 Å². The number of hydrogen-bond acceptors (Lipinski definition) is 1. The number of rotatable bonds is 4. The predicted molar refractivity (Wildman–Crippen MR) is 87.5 cm³/mol. The van der Waals surface area contributed by atoms with Crippen LogP contribution in [0.2, 0.25) is 0 Å². The fourth-order valence-electron chi connectivity index (χ4n) is 1.90. The maximum absolute atomic E-state index is 5.39. The molecule has 0 aromatic heterocycles. The average Bonchev–Trinajstić information content (AvgIpc) is 2.39. The molecule has 3 heteroatoms. The van der Waals surface area contributed by atoms with Gasteiger partial charge in [-0.05, 0) is 52.3 Å². The first-order valence-corrected chi connectivity index (χ1v) is 7.72. The second kappa shape index (κ2) is 6.57. The molecule has 0 radical (unpaired) electrons. The van der Waals surface area contributed by atoms with Crippen LogP contribution < -0.4 is 4.74 Å². The van der Waals surface area contributed by atoms with Crippen LogP contribution in [0.3, 0.4) is 0 Å². The molecule has 0 heterocycles. The molecule has 18 heavy (non-hydrogen) atoms. The lowest BCUT2D eigenvalue weighted by atomic mass is 10.0. The molecule has 0 amide bonds. The zero-order valence-electron chi connectivity index (χ0n) is 10.1. The normalized spacial score (nSPS) is 12.2. The molecule has 1 atom stereocenters. The van der Waals surface area contributed by atoms with Gasteiger partial charge in [0.2, 0.25) is 0 Å². The van der Waals surface area contributed by atoms with Crippen molar-refractivity contribution in [1.29, 1.82) is 0 Å². The summed E-state index contributed by atoms with van der Waals surface area (Å²) in [6.07, 6.45) is 0.921. The van der Waals surface area contributed by atoms with Crippen molar-refractivity contribution in [3.8, 4) is 5.75 Å². The Hall–Kier alpha value is -0.550. The molecule has 2 rings (SSSR count). The number of benzene rings is 2. The lowest BCUT2D eigenvalue weighted by Gasteiger charge is -2.14. The lowest BCUT2D eigenvalue weighted by molar-refractivity contribution is 0.409. The summed E-state index contributed by atoms with van der Waals surface area (Å²) in [4.78, 5) is 0.307. The van der Waals surface area contributed by atoms with Crippen LogP contribution in [-0.4, -0.2) is 7.11 Å². The van der Waals surface area contributed by atoms with Crippen molar-refractivity contribution in [2.45, 2.75) is 11.2 Å². The molecule has 2 aromatic rings. The molecule has 2 aromatic carbocycles. The summed E-state index contributed by atoms with van der Waals surface area (Å²) in [7, 11) is 1.72. The maximum Gasteiger partial charge on any atom is 0.122 e. The highest BCUT2D eigenvalue weighted by molar-refractivity contribution is 14.1. The van der Waals surface area contributed by atoms with Crippen LogP contribution in [0.25, 0.3) is 0 Å². The summed E-state index contributed by atoms with van der Waals surface area (Å²) in [6.45, 7) is 0. The lowest BCUT2D eigenvalue weighted by Crippen LogP contribution is -1.99.